The van der Waals surface area contributed by atoms with Crippen molar-refractivity contribution in [1.82, 2.24) is 5.43 Å². The second kappa shape index (κ2) is 7.31. The Bertz CT molecular complexity index is 597. The van der Waals surface area contributed by atoms with Crippen LogP contribution in [0, 0.1) is 0 Å². The summed E-state index contributed by atoms with van der Waals surface area (Å²) in [6, 6.07) is 14.6. The molecule has 0 spiro atoms. The average Bonchev–Trinajstić information content (AvgIpc) is 2.53. The Balaban J connectivity index is 1.96. The first kappa shape index (κ1) is 14.9. The molecule has 0 aromatic heterocycles. The van der Waals surface area contributed by atoms with Gasteiger partial charge in [0.2, 0.25) is 0 Å². The SMILES string of the molecule is CCOc1cccc(OCc2ccc(C(=O)NN)cc2)c1. The Morgan fingerprint density at radius 2 is 1.76 bits per heavy atom. The number of carbonyl (C=O) groups excluding carboxylic acids is 1. The normalized spacial score (nSPS) is 10.0. The maximum Gasteiger partial charge on any atom is 0.265 e. The number of nitrogen functional groups attached to an aromatic ring is 1. The van der Waals surface area contributed by atoms with Gasteiger partial charge in [-0.2, -0.15) is 0 Å². The van der Waals surface area contributed by atoms with Gasteiger partial charge in [-0.25, -0.2) is 5.84 Å². The van der Waals surface area contributed by atoms with Crippen molar-refractivity contribution in [1.29, 1.82) is 0 Å². The van der Waals surface area contributed by atoms with Gasteiger partial charge >= 0.3 is 0 Å². The Labute approximate surface area is 123 Å². The van der Waals surface area contributed by atoms with Gasteiger partial charge in [-0.3, -0.25) is 10.2 Å². The minimum atomic E-state index is -0.313. The van der Waals surface area contributed by atoms with E-state index in [4.69, 9.17) is 15.3 Å². The van der Waals surface area contributed by atoms with Crippen molar-refractivity contribution >= 4 is 5.91 Å². The lowest BCUT2D eigenvalue weighted by atomic mass is 10.1. The van der Waals surface area contributed by atoms with E-state index in [1.807, 2.05) is 43.3 Å². The maximum atomic E-state index is 11.3. The summed E-state index contributed by atoms with van der Waals surface area (Å²) in [5.41, 5.74) is 3.57. The van der Waals surface area contributed by atoms with Crippen LogP contribution in [0.2, 0.25) is 0 Å². The molecule has 0 aliphatic heterocycles. The quantitative estimate of drug-likeness (QED) is 0.485. The lowest BCUT2D eigenvalue weighted by Gasteiger charge is -2.09. The van der Waals surface area contributed by atoms with Gasteiger partial charge in [-0.15, -0.1) is 0 Å². The molecule has 0 radical (unpaired) electrons. The van der Waals surface area contributed by atoms with Crippen LogP contribution in [0.15, 0.2) is 48.5 Å². The highest BCUT2D eigenvalue weighted by Gasteiger charge is 2.03. The molecule has 0 unspecified atom stereocenters. The summed E-state index contributed by atoms with van der Waals surface area (Å²) in [7, 11) is 0. The second-order valence-corrected chi connectivity index (χ2v) is 4.37. The lowest BCUT2D eigenvalue weighted by molar-refractivity contribution is 0.0953. The van der Waals surface area contributed by atoms with Crippen LogP contribution in [-0.4, -0.2) is 12.5 Å². The van der Waals surface area contributed by atoms with Crippen molar-refractivity contribution in [3.05, 3.63) is 59.7 Å². The van der Waals surface area contributed by atoms with Crippen molar-refractivity contribution in [2.24, 2.45) is 5.84 Å². The summed E-state index contributed by atoms with van der Waals surface area (Å²) in [6.45, 7) is 2.97. The molecule has 0 heterocycles. The molecule has 0 aliphatic rings. The molecule has 3 N–H and O–H groups in total. The lowest BCUT2D eigenvalue weighted by Crippen LogP contribution is -2.29. The van der Waals surface area contributed by atoms with E-state index in [1.54, 1.807) is 12.1 Å². The highest BCUT2D eigenvalue weighted by molar-refractivity contribution is 5.93. The average molecular weight is 286 g/mol. The third-order valence-electron chi connectivity index (χ3n) is 2.87. The number of nitrogens with one attached hydrogen (secondary N) is 1. The Hall–Kier alpha value is -2.53. The van der Waals surface area contributed by atoms with Crippen LogP contribution in [0.3, 0.4) is 0 Å². The number of nitrogens with two attached hydrogens (primary N) is 1. The fourth-order valence-corrected chi connectivity index (χ4v) is 1.82. The molecular formula is C16H18N2O3. The Morgan fingerprint density at radius 1 is 1.10 bits per heavy atom. The van der Waals surface area contributed by atoms with Crippen molar-refractivity contribution in [2.75, 3.05) is 6.61 Å². The van der Waals surface area contributed by atoms with Gasteiger partial charge in [0, 0.05) is 11.6 Å². The summed E-state index contributed by atoms with van der Waals surface area (Å²) in [5, 5.41) is 0. The summed E-state index contributed by atoms with van der Waals surface area (Å²) in [5.74, 6) is 6.29. The molecule has 2 rings (SSSR count). The van der Waals surface area contributed by atoms with E-state index >= 15 is 0 Å². The molecule has 0 fully saturated rings. The molecule has 5 heteroatoms. The Kier molecular flexibility index (Phi) is 5.17. The number of carbonyl (C=O) groups is 1. The van der Waals surface area contributed by atoms with Gasteiger partial charge in [-0.05, 0) is 36.8 Å². The highest BCUT2D eigenvalue weighted by atomic mass is 16.5. The van der Waals surface area contributed by atoms with Crippen molar-refractivity contribution in [3.8, 4) is 11.5 Å². The molecule has 0 atom stereocenters. The summed E-state index contributed by atoms with van der Waals surface area (Å²) < 4.78 is 11.1. The summed E-state index contributed by atoms with van der Waals surface area (Å²) >= 11 is 0. The van der Waals surface area contributed by atoms with Gasteiger partial charge in [0.15, 0.2) is 0 Å². The van der Waals surface area contributed by atoms with Crippen LogP contribution >= 0.6 is 0 Å². The highest BCUT2D eigenvalue weighted by Crippen LogP contribution is 2.20. The molecule has 0 saturated heterocycles. The van der Waals surface area contributed by atoms with Crippen molar-refractivity contribution in [3.63, 3.8) is 0 Å². The van der Waals surface area contributed by atoms with E-state index in [1.165, 1.54) is 0 Å². The molecule has 0 saturated carbocycles. The van der Waals surface area contributed by atoms with E-state index < -0.39 is 0 Å². The van der Waals surface area contributed by atoms with Gasteiger partial charge in [0.1, 0.15) is 18.1 Å². The molecular weight excluding hydrogens is 268 g/mol. The molecule has 21 heavy (non-hydrogen) atoms. The molecule has 0 aliphatic carbocycles. The summed E-state index contributed by atoms with van der Waals surface area (Å²) in [6.07, 6.45) is 0. The predicted molar refractivity (Wildman–Crippen MR) is 80.0 cm³/mol. The number of ether oxygens (including phenoxy) is 2. The van der Waals surface area contributed by atoms with Crippen LogP contribution in [0.5, 0.6) is 11.5 Å². The van der Waals surface area contributed by atoms with Crippen LogP contribution in [-0.2, 0) is 6.61 Å². The smallest absolute Gasteiger partial charge is 0.265 e. The molecule has 2 aromatic carbocycles. The molecule has 1 amide bonds. The predicted octanol–water partition coefficient (Wildman–Crippen LogP) is 2.27. The number of rotatable bonds is 6. The molecule has 5 nitrogen and oxygen atoms in total. The van der Waals surface area contributed by atoms with Gasteiger partial charge in [-0.1, -0.05) is 18.2 Å². The fraction of sp³-hybridized carbons (Fsp3) is 0.188. The first-order chi connectivity index (χ1) is 10.2. The van der Waals surface area contributed by atoms with Crippen LogP contribution < -0.4 is 20.7 Å². The van der Waals surface area contributed by atoms with E-state index in [0.717, 1.165) is 17.1 Å². The third kappa shape index (κ3) is 4.22. The van der Waals surface area contributed by atoms with E-state index in [-0.39, 0.29) is 5.91 Å². The maximum absolute atomic E-state index is 11.3. The van der Waals surface area contributed by atoms with E-state index in [9.17, 15) is 4.79 Å². The van der Waals surface area contributed by atoms with Crippen LogP contribution in [0.1, 0.15) is 22.8 Å². The van der Waals surface area contributed by atoms with Gasteiger partial charge < -0.3 is 9.47 Å². The van der Waals surface area contributed by atoms with Gasteiger partial charge in [0.25, 0.3) is 5.91 Å². The fourth-order valence-electron chi connectivity index (χ4n) is 1.82. The van der Waals surface area contributed by atoms with E-state index in [2.05, 4.69) is 5.43 Å². The largest absolute Gasteiger partial charge is 0.494 e. The standard InChI is InChI=1S/C16H18N2O3/c1-2-20-14-4-3-5-15(10-14)21-11-12-6-8-13(9-7-12)16(19)18-17/h3-10H,2,11,17H2,1H3,(H,18,19). The first-order valence-electron chi connectivity index (χ1n) is 6.68. The minimum absolute atomic E-state index is 0.313. The zero-order valence-electron chi connectivity index (χ0n) is 11.8. The number of hydrogen-bond acceptors (Lipinski definition) is 4. The topological polar surface area (TPSA) is 73.6 Å². The molecule has 110 valence electrons. The zero-order chi connectivity index (χ0) is 15.1. The number of hydrazine groups is 1. The minimum Gasteiger partial charge on any atom is -0.494 e. The van der Waals surface area contributed by atoms with Gasteiger partial charge in [0.05, 0.1) is 6.61 Å². The number of benzene rings is 2. The van der Waals surface area contributed by atoms with Crippen LogP contribution in [0.4, 0.5) is 0 Å². The third-order valence-corrected chi connectivity index (χ3v) is 2.87. The van der Waals surface area contributed by atoms with Crippen molar-refractivity contribution < 1.29 is 14.3 Å². The van der Waals surface area contributed by atoms with Crippen molar-refractivity contribution in [2.45, 2.75) is 13.5 Å². The first-order valence-corrected chi connectivity index (χ1v) is 6.68. The number of hydrogen-bond donors (Lipinski definition) is 2. The molecule has 0 bridgehead atoms. The summed E-state index contributed by atoms with van der Waals surface area (Å²) in [4.78, 5) is 11.3. The van der Waals surface area contributed by atoms with Crippen LogP contribution in [0.25, 0.3) is 0 Å². The van der Waals surface area contributed by atoms with E-state index in [0.29, 0.717) is 18.8 Å². The Morgan fingerprint density at radius 3 is 2.38 bits per heavy atom. The second-order valence-electron chi connectivity index (χ2n) is 4.37. The molecule has 2 aromatic rings. The number of amides is 1. The monoisotopic (exact) mass is 286 g/mol. The zero-order valence-corrected chi connectivity index (χ0v) is 11.8.